The Morgan fingerprint density at radius 2 is 1.49 bits per heavy atom. The van der Waals surface area contributed by atoms with Crippen molar-refractivity contribution >= 4 is 11.6 Å². The van der Waals surface area contributed by atoms with Crippen molar-refractivity contribution in [1.29, 1.82) is 0 Å². The first-order chi connectivity index (χ1) is 20.9. The van der Waals surface area contributed by atoms with E-state index in [1.807, 2.05) is 6.92 Å². The van der Waals surface area contributed by atoms with Gasteiger partial charge in [0.05, 0.1) is 11.1 Å². The van der Waals surface area contributed by atoms with Crippen molar-refractivity contribution in [2.75, 3.05) is 11.9 Å². The van der Waals surface area contributed by atoms with E-state index in [2.05, 4.69) is 11.7 Å². The maximum Gasteiger partial charge on any atom is 0.573 e. The molecular weight excluding hydrogens is 615 g/mol. The average Bonchev–Trinajstić information content (AvgIpc) is 2.94. The number of rotatable bonds is 8. The van der Waals surface area contributed by atoms with Crippen LogP contribution in [-0.4, -0.2) is 30.3 Å². The van der Waals surface area contributed by atoms with Crippen molar-refractivity contribution in [2.45, 2.75) is 103 Å². The number of carbonyl (C=O) groups is 1. The highest BCUT2D eigenvalue weighted by atomic mass is 19.4. The van der Waals surface area contributed by atoms with Crippen molar-refractivity contribution < 1.29 is 49.0 Å². The summed E-state index contributed by atoms with van der Waals surface area (Å²) in [5.41, 5.74) is -2.54. The molecule has 1 aliphatic heterocycles. The van der Waals surface area contributed by atoms with Gasteiger partial charge in [-0.25, -0.2) is 0 Å². The molecule has 250 valence electrons. The number of alkyl halides is 9. The predicted octanol–water partition coefficient (Wildman–Crippen LogP) is 9.92. The monoisotopic (exact) mass is 652 g/mol. The number of nitrogens with zero attached hydrogens (tertiary/aromatic N) is 2. The lowest BCUT2D eigenvalue weighted by Crippen LogP contribution is -2.49. The zero-order valence-electron chi connectivity index (χ0n) is 25.3. The van der Waals surface area contributed by atoms with Crippen molar-refractivity contribution in [3.63, 3.8) is 0 Å². The van der Waals surface area contributed by atoms with Crippen LogP contribution >= 0.6 is 0 Å². The zero-order valence-corrected chi connectivity index (χ0v) is 25.3. The van der Waals surface area contributed by atoms with Crippen LogP contribution in [0.4, 0.5) is 45.2 Å². The van der Waals surface area contributed by atoms with E-state index in [9.17, 15) is 44.3 Å². The van der Waals surface area contributed by atoms with Crippen LogP contribution in [0.1, 0.15) is 93.5 Å². The van der Waals surface area contributed by atoms with Crippen LogP contribution in [0.5, 0.6) is 5.75 Å². The van der Waals surface area contributed by atoms with Gasteiger partial charge >= 0.3 is 18.7 Å². The highest BCUT2D eigenvalue weighted by Gasteiger charge is 2.42. The molecule has 1 heterocycles. The van der Waals surface area contributed by atoms with E-state index < -0.39 is 47.7 Å². The number of hydrogen-bond acceptors (Lipinski definition) is 3. The smallest absolute Gasteiger partial charge is 0.406 e. The van der Waals surface area contributed by atoms with Gasteiger partial charge in [-0.2, -0.15) is 26.3 Å². The third kappa shape index (κ3) is 8.45. The molecule has 2 atom stereocenters. The van der Waals surface area contributed by atoms with Gasteiger partial charge in [0.15, 0.2) is 0 Å². The zero-order chi connectivity index (χ0) is 33.3. The first-order valence-electron chi connectivity index (χ1n) is 15.1. The summed E-state index contributed by atoms with van der Waals surface area (Å²) < 4.78 is 125. The summed E-state index contributed by atoms with van der Waals surface area (Å²) in [5, 5.41) is 0. The minimum atomic E-state index is -5.03. The van der Waals surface area contributed by atoms with Gasteiger partial charge < -0.3 is 9.64 Å². The number of halogens is 9. The molecule has 0 aromatic heterocycles. The van der Waals surface area contributed by atoms with Crippen LogP contribution in [0.2, 0.25) is 0 Å². The van der Waals surface area contributed by atoms with Gasteiger partial charge in [0, 0.05) is 30.2 Å². The van der Waals surface area contributed by atoms with Crippen LogP contribution in [0.3, 0.4) is 0 Å². The van der Waals surface area contributed by atoms with Crippen LogP contribution in [0.15, 0.2) is 36.4 Å². The number of carbonyl (C=O) groups excluding carboxylic acids is 1. The van der Waals surface area contributed by atoms with Crippen LogP contribution < -0.4 is 9.64 Å². The summed E-state index contributed by atoms with van der Waals surface area (Å²) in [6.45, 7) is 3.60. The molecule has 1 fully saturated rings. The van der Waals surface area contributed by atoms with Crippen LogP contribution in [0, 0.1) is 11.8 Å². The molecule has 0 bridgehead atoms. The molecule has 45 heavy (non-hydrogen) atoms. The van der Waals surface area contributed by atoms with E-state index in [0.29, 0.717) is 43.0 Å². The summed E-state index contributed by atoms with van der Waals surface area (Å²) in [4.78, 5) is 17.1. The Balaban J connectivity index is 1.71. The first-order valence-corrected chi connectivity index (χ1v) is 15.1. The van der Waals surface area contributed by atoms with Crippen molar-refractivity contribution in [1.82, 2.24) is 4.90 Å². The van der Waals surface area contributed by atoms with Gasteiger partial charge in [-0.15, -0.1) is 13.2 Å². The Labute approximate surface area is 256 Å². The average molecular weight is 653 g/mol. The van der Waals surface area contributed by atoms with E-state index in [-0.39, 0.29) is 42.0 Å². The quantitative estimate of drug-likeness (QED) is 0.266. The fourth-order valence-corrected chi connectivity index (χ4v) is 6.78. The molecule has 0 unspecified atom stereocenters. The molecule has 13 heteroatoms. The fraction of sp³-hybridized carbons (Fsp3) is 0.594. The van der Waals surface area contributed by atoms with E-state index in [4.69, 9.17) is 0 Å². The largest absolute Gasteiger partial charge is 0.573 e. The number of benzene rings is 2. The Kier molecular flexibility index (Phi) is 10.4. The van der Waals surface area contributed by atoms with Gasteiger partial charge in [0.2, 0.25) is 5.91 Å². The first kappa shape index (κ1) is 34.9. The fourth-order valence-electron chi connectivity index (χ4n) is 6.78. The maximum atomic E-state index is 14.0. The van der Waals surface area contributed by atoms with Crippen molar-refractivity contribution in [2.24, 2.45) is 11.8 Å². The van der Waals surface area contributed by atoms with Crippen LogP contribution in [0.25, 0.3) is 0 Å². The minimum Gasteiger partial charge on any atom is -0.406 e. The second-order valence-corrected chi connectivity index (χ2v) is 12.1. The summed E-state index contributed by atoms with van der Waals surface area (Å²) in [7, 11) is 1.48. The topological polar surface area (TPSA) is 32.8 Å². The maximum absolute atomic E-state index is 14.0. The molecular formula is C32H37F9N2O2. The third-order valence-corrected chi connectivity index (χ3v) is 8.92. The molecule has 1 aliphatic carbocycles. The van der Waals surface area contributed by atoms with Crippen molar-refractivity contribution in [3.8, 4) is 5.75 Å². The van der Waals surface area contributed by atoms with E-state index in [0.717, 1.165) is 37.8 Å². The van der Waals surface area contributed by atoms with Gasteiger partial charge in [-0.3, -0.25) is 9.69 Å². The summed E-state index contributed by atoms with van der Waals surface area (Å²) in [5.74, 6) is -0.383. The standard InChI is InChI=1S/C32H37F9N2O2/c1-4-6-19-7-9-21(10-8-19)29(44)43-24(5-2)16-28(26-17-25(11-12-27(26)43)45-32(39,40)41)42(3)18-20-13-22(30(33,34)35)15-23(14-20)31(36,37)38/h11-15,17,19,21,24,28H,4-10,16,18H2,1-3H3/t19?,21?,24-,28+/m1/s1. The molecule has 0 saturated heterocycles. The summed E-state index contributed by atoms with van der Waals surface area (Å²) in [6.07, 6.45) is -9.05. The summed E-state index contributed by atoms with van der Waals surface area (Å²) >= 11 is 0. The number of amides is 1. The Hall–Kier alpha value is -2.96. The van der Waals surface area contributed by atoms with Gasteiger partial charge in [0.25, 0.3) is 0 Å². The number of anilines is 1. The molecule has 1 amide bonds. The highest BCUT2D eigenvalue weighted by Crippen LogP contribution is 2.46. The Morgan fingerprint density at radius 1 is 0.889 bits per heavy atom. The predicted molar refractivity (Wildman–Crippen MR) is 150 cm³/mol. The molecule has 0 N–H and O–H groups in total. The molecule has 1 saturated carbocycles. The molecule has 0 spiro atoms. The highest BCUT2D eigenvalue weighted by molar-refractivity contribution is 5.97. The van der Waals surface area contributed by atoms with Gasteiger partial charge in [-0.05, 0) is 99.0 Å². The molecule has 4 rings (SSSR count). The number of fused-ring (bicyclic) bond motifs is 1. The normalized spacial score (nSPS) is 22.8. The second-order valence-electron chi connectivity index (χ2n) is 12.1. The lowest BCUT2D eigenvalue weighted by molar-refractivity contribution is -0.274. The number of hydrogen-bond donors (Lipinski definition) is 0. The number of ether oxygens (including phenoxy) is 1. The Morgan fingerprint density at radius 3 is 2.00 bits per heavy atom. The SMILES string of the molecule is CCCC1CCC(C(=O)N2c3ccc(OC(F)(F)F)cc3[C@@H](N(C)Cc3cc(C(F)(F)F)cc(C(F)(F)F)c3)C[C@H]2CC)CC1. The van der Waals surface area contributed by atoms with Gasteiger partial charge in [-0.1, -0.05) is 26.7 Å². The molecule has 2 aromatic rings. The lowest BCUT2D eigenvalue weighted by Gasteiger charge is -2.45. The minimum absolute atomic E-state index is 0.0481. The third-order valence-electron chi connectivity index (χ3n) is 8.92. The van der Waals surface area contributed by atoms with Crippen LogP contribution in [-0.2, 0) is 23.7 Å². The molecule has 2 aliphatic rings. The summed E-state index contributed by atoms with van der Waals surface area (Å²) in [6, 6.07) is 3.84. The lowest BCUT2D eigenvalue weighted by atomic mass is 9.78. The Bertz CT molecular complexity index is 1300. The molecule has 2 aromatic carbocycles. The van der Waals surface area contributed by atoms with Crippen molar-refractivity contribution in [3.05, 3.63) is 58.7 Å². The van der Waals surface area contributed by atoms with E-state index >= 15 is 0 Å². The molecule has 4 nitrogen and oxygen atoms in total. The molecule has 0 radical (unpaired) electrons. The second kappa shape index (κ2) is 13.4. The van der Waals surface area contributed by atoms with Gasteiger partial charge in [0.1, 0.15) is 5.75 Å². The van der Waals surface area contributed by atoms with E-state index in [1.165, 1.54) is 18.0 Å². The van der Waals surface area contributed by atoms with E-state index in [1.54, 1.807) is 4.90 Å².